The van der Waals surface area contributed by atoms with Gasteiger partial charge in [0.25, 0.3) is 0 Å². The summed E-state index contributed by atoms with van der Waals surface area (Å²) in [6, 6.07) is 0. The molecule has 0 aliphatic rings. The molecule has 1 aromatic rings. The SMILES string of the molecule is O=Cc1c(I)c(O)c(I)c(I)c1I. The number of phenolic OH excluding ortho intramolecular Hbond substituents is 1. The normalized spacial score (nSPS) is 10.2. The van der Waals surface area contributed by atoms with Crippen LogP contribution in [0.15, 0.2) is 0 Å². The fourth-order valence-electron chi connectivity index (χ4n) is 0.742. The largest absolute Gasteiger partial charge is 0.506 e. The van der Waals surface area contributed by atoms with E-state index in [0.29, 0.717) is 9.13 Å². The fraction of sp³-hybridized carbons (Fsp3) is 0. The zero-order valence-corrected chi connectivity index (χ0v) is 14.6. The molecule has 70 valence electrons. The molecule has 0 radical (unpaired) electrons. The predicted molar refractivity (Wildman–Crippen MR) is 84.4 cm³/mol. The highest BCUT2D eigenvalue weighted by atomic mass is 127. The summed E-state index contributed by atoms with van der Waals surface area (Å²) >= 11 is 8.29. The summed E-state index contributed by atoms with van der Waals surface area (Å²) in [6.45, 7) is 0. The minimum atomic E-state index is 0.202. The number of hydrogen-bond acceptors (Lipinski definition) is 2. The lowest BCUT2D eigenvalue weighted by molar-refractivity contribution is 0.112. The highest BCUT2D eigenvalue weighted by molar-refractivity contribution is 14.1. The Hall–Kier alpha value is 1.61. The Morgan fingerprint density at radius 2 is 1.46 bits per heavy atom. The van der Waals surface area contributed by atoms with Crippen molar-refractivity contribution in [2.45, 2.75) is 0 Å². The molecule has 0 unspecified atom stereocenters. The van der Waals surface area contributed by atoms with Crippen molar-refractivity contribution in [3.8, 4) is 5.75 Å². The third kappa shape index (κ3) is 2.41. The number of halogens is 4. The molecule has 0 fully saturated rings. The maximum absolute atomic E-state index is 10.7. The zero-order chi connectivity index (χ0) is 10.2. The van der Waals surface area contributed by atoms with Gasteiger partial charge in [-0.1, -0.05) is 0 Å². The van der Waals surface area contributed by atoms with Gasteiger partial charge in [0.05, 0.1) is 7.14 Å². The molecule has 2 nitrogen and oxygen atoms in total. The Bertz CT molecular complexity index is 346. The van der Waals surface area contributed by atoms with Crippen LogP contribution in [-0.4, -0.2) is 11.4 Å². The minimum Gasteiger partial charge on any atom is -0.506 e. The quantitative estimate of drug-likeness (QED) is 0.224. The van der Waals surface area contributed by atoms with Crippen LogP contribution in [0.5, 0.6) is 5.75 Å². The number of rotatable bonds is 1. The Kier molecular flexibility index (Phi) is 4.97. The highest BCUT2D eigenvalue weighted by Crippen LogP contribution is 2.35. The molecule has 0 saturated heterocycles. The first-order valence-corrected chi connectivity index (χ1v) is 7.32. The average Bonchev–Trinajstić information content (AvgIpc) is 2.13. The molecule has 1 aromatic carbocycles. The number of hydrogen-bond donors (Lipinski definition) is 1. The number of carbonyl (C=O) groups excluding carboxylic acids is 1. The van der Waals surface area contributed by atoms with E-state index in [1.54, 1.807) is 0 Å². The molecule has 13 heavy (non-hydrogen) atoms. The molecule has 0 bridgehead atoms. The van der Waals surface area contributed by atoms with Crippen LogP contribution in [0.25, 0.3) is 0 Å². The van der Waals surface area contributed by atoms with Crippen LogP contribution < -0.4 is 0 Å². The second kappa shape index (κ2) is 5.09. The fourth-order valence-corrected chi connectivity index (χ4v) is 4.71. The molecular weight excluding hydrogens is 624 g/mol. The van der Waals surface area contributed by atoms with Crippen LogP contribution >= 0.6 is 90.4 Å². The summed E-state index contributed by atoms with van der Waals surface area (Å²) < 4.78 is 3.26. The Morgan fingerprint density at radius 3 is 1.92 bits per heavy atom. The lowest BCUT2D eigenvalue weighted by atomic mass is 10.2. The van der Waals surface area contributed by atoms with E-state index in [1.807, 2.05) is 22.6 Å². The van der Waals surface area contributed by atoms with Crippen molar-refractivity contribution in [2.24, 2.45) is 0 Å². The molecular formula is C7H2I4O2. The monoisotopic (exact) mass is 626 g/mol. The maximum atomic E-state index is 10.7. The molecule has 0 spiro atoms. The van der Waals surface area contributed by atoms with E-state index >= 15 is 0 Å². The van der Waals surface area contributed by atoms with Gasteiger partial charge in [0, 0.05) is 12.7 Å². The van der Waals surface area contributed by atoms with Gasteiger partial charge < -0.3 is 5.11 Å². The maximum Gasteiger partial charge on any atom is 0.152 e. The molecule has 0 aliphatic carbocycles. The number of aromatic hydroxyl groups is 1. The molecule has 0 heterocycles. The van der Waals surface area contributed by atoms with Crippen molar-refractivity contribution in [1.82, 2.24) is 0 Å². The van der Waals surface area contributed by atoms with Gasteiger partial charge in [-0.3, -0.25) is 4.79 Å². The lowest BCUT2D eigenvalue weighted by Gasteiger charge is -2.08. The van der Waals surface area contributed by atoms with Crippen molar-refractivity contribution < 1.29 is 9.90 Å². The second-order valence-electron chi connectivity index (χ2n) is 2.14. The van der Waals surface area contributed by atoms with E-state index in [9.17, 15) is 9.90 Å². The van der Waals surface area contributed by atoms with Crippen molar-refractivity contribution in [3.63, 3.8) is 0 Å². The standard InChI is InChI=1S/C7H2I4O2/c8-3-2(1-12)4(9)7(13)6(11)5(3)10/h1,13H. The summed E-state index contributed by atoms with van der Waals surface area (Å²) in [5, 5.41) is 9.64. The lowest BCUT2D eigenvalue weighted by Crippen LogP contribution is -1.98. The van der Waals surface area contributed by atoms with Crippen molar-refractivity contribution >= 4 is 96.6 Å². The smallest absolute Gasteiger partial charge is 0.152 e. The number of aldehydes is 1. The van der Waals surface area contributed by atoms with Crippen molar-refractivity contribution in [2.75, 3.05) is 0 Å². The molecule has 0 aliphatic heterocycles. The van der Waals surface area contributed by atoms with Crippen LogP contribution in [0.1, 0.15) is 10.4 Å². The highest BCUT2D eigenvalue weighted by Gasteiger charge is 2.17. The van der Waals surface area contributed by atoms with Gasteiger partial charge >= 0.3 is 0 Å². The number of benzene rings is 1. The average molecular weight is 626 g/mol. The minimum absolute atomic E-state index is 0.202. The van der Waals surface area contributed by atoms with E-state index in [0.717, 1.165) is 17.0 Å². The third-order valence-corrected chi connectivity index (χ3v) is 7.80. The number of phenols is 1. The van der Waals surface area contributed by atoms with Gasteiger partial charge in [-0.05, 0) is 90.4 Å². The molecule has 1 N–H and O–H groups in total. The summed E-state index contributed by atoms with van der Waals surface area (Å²) in [6.07, 6.45) is 0.779. The van der Waals surface area contributed by atoms with Crippen molar-refractivity contribution in [1.29, 1.82) is 0 Å². The van der Waals surface area contributed by atoms with Crippen LogP contribution in [0.4, 0.5) is 0 Å². The third-order valence-electron chi connectivity index (χ3n) is 1.39. The molecule has 0 saturated carbocycles. The van der Waals surface area contributed by atoms with E-state index in [1.165, 1.54) is 0 Å². The first-order chi connectivity index (χ1) is 6.00. The molecule has 6 heteroatoms. The summed E-state index contributed by atoms with van der Waals surface area (Å²) in [5.41, 5.74) is 0.573. The van der Waals surface area contributed by atoms with Gasteiger partial charge in [-0.15, -0.1) is 0 Å². The van der Waals surface area contributed by atoms with E-state index in [4.69, 9.17) is 0 Å². The molecule has 0 aromatic heterocycles. The Balaban J connectivity index is 3.66. The Morgan fingerprint density at radius 1 is 0.923 bits per heavy atom. The topological polar surface area (TPSA) is 37.3 Å². The van der Waals surface area contributed by atoms with Gasteiger partial charge in [0.15, 0.2) is 6.29 Å². The second-order valence-corrected chi connectivity index (χ2v) is 6.45. The molecule has 1 rings (SSSR count). The molecule has 0 amide bonds. The van der Waals surface area contributed by atoms with E-state index < -0.39 is 0 Å². The molecule has 0 atom stereocenters. The van der Waals surface area contributed by atoms with Crippen LogP contribution in [0.2, 0.25) is 0 Å². The summed E-state index contributed by atoms with van der Waals surface area (Å²) in [5.74, 6) is 0.202. The van der Waals surface area contributed by atoms with E-state index in [-0.39, 0.29) is 5.75 Å². The van der Waals surface area contributed by atoms with Gasteiger partial charge in [0.1, 0.15) is 5.75 Å². The van der Waals surface area contributed by atoms with Gasteiger partial charge in [-0.2, -0.15) is 0 Å². The van der Waals surface area contributed by atoms with Crippen LogP contribution in [-0.2, 0) is 0 Å². The predicted octanol–water partition coefficient (Wildman–Crippen LogP) is 3.62. The zero-order valence-electron chi connectivity index (χ0n) is 5.94. The Labute approximate surface area is 130 Å². The van der Waals surface area contributed by atoms with Crippen LogP contribution in [0, 0.1) is 14.3 Å². The van der Waals surface area contributed by atoms with Gasteiger partial charge in [0.2, 0.25) is 0 Å². The summed E-state index contributed by atoms with van der Waals surface area (Å²) in [7, 11) is 0. The van der Waals surface area contributed by atoms with Crippen molar-refractivity contribution in [3.05, 3.63) is 19.8 Å². The van der Waals surface area contributed by atoms with Crippen LogP contribution in [0.3, 0.4) is 0 Å². The first-order valence-electron chi connectivity index (χ1n) is 3.00. The summed E-state index contributed by atoms with van der Waals surface area (Å²) in [4.78, 5) is 10.7. The van der Waals surface area contributed by atoms with E-state index in [2.05, 4.69) is 67.8 Å². The van der Waals surface area contributed by atoms with Gasteiger partial charge in [-0.25, -0.2) is 0 Å². The number of carbonyl (C=O) groups is 1. The first kappa shape index (κ1) is 12.7.